The summed E-state index contributed by atoms with van der Waals surface area (Å²) in [5, 5.41) is 6.75. The fourth-order valence-corrected chi connectivity index (χ4v) is 6.73. The van der Waals surface area contributed by atoms with E-state index in [1.54, 1.807) is 0 Å². The smallest absolute Gasteiger partial charge is 0.154 e. The highest BCUT2D eigenvalue weighted by molar-refractivity contribution is 6.15. The number of hydrogen-bond acceptors (Lipinski definition) is 3. The monoisotopic (exact) mass is 580 g/mol. The van der Waals surface area contributed by atoms with Gasteiger partial charge in [0.05, 0.1) is 22.1 Å². The Morgan fingerprint density at radius 2 is 1.33 bits per heavy atom. The molecular weight excluding hydrogens is 552 g/mol. The molecule has 0 spiro atoms. The fraction of sp³-hybridized carbons (Fsp3) is 0.0244. The first-order chi connectivity index (χ1) is 22.2. The largest absolute Gasteiger partial charge is 0.486 e. The van der Waals surface area contributed by atoms with Gasteiger partial charge in [0.2, 0.25) is 0 Å². The van der Waals surface area contributed by atoms with Crippen LogP contribution in [-0.2, 0) is 6.61 Å². The minimum atomic E-state index is 0.360. The Morgan fingerprint density at radius 1 is 0.600 bits per heavy atom. The van der Waals surface area contributed by atoms with Crippen LogP contribution in [0.2, 0.25) is 0 Å². The molecule has 0 saturated carbocycles. The zero-order valence-electron chi connectivity index (χ0n) is 24.4. The number of ether oxygens (including phenoxy) is 1. The molecular formula is C41H28N2O2. The molecule has 7 aromatic carbocycles. The summed E-state index contributed by atoms with van der Waals surface area (Å²) in [6, 6.07) is 50.6. The van der Waals surface area contributed by atoms with E-state index in [0.717, 1.165) is 49.8 Å². The Kier molecular flexibility index (Phi) is 5.69. The lowest BCUT2D eigenvalue weighted by molar-refractivity contribution is 0.312. The number of anilines is 1. The second-order valence-corrected chi connectivity index (χ2v) is 11.5. The lowest BCUT2D eigenvalue weighted by Gasteiger charge is -2.14. The number of rotatable bonds is 5. The van der Waals surface area contributed by atoms with E-state index >= 15 is 0 Å². The molecule has 0 aliphatic rings. The number of nitrogens with two attached hydrogens (primary N) is 1. The summed E-state index contributed by atoms with van der Waals surface area (Å²) in [5.41, 5.74) is 15.4. The Hall–Kier alpha value is -6.00. The molecule has 0 radical (unpaired) electrons. The van der Waals surface area contributed by atoms with Crippen LogP contribution in [0.3, 0.4) is 0 Å². The fourth-order valence-electron chi connectivity index (χ4n) is 6.73. The van der Waals surface area contributed by atoms with Crippen LogP contribution in [0.4, 0.5) is 5.69 Å². The maximum absolute atomic E-state index is 6.76. The van der Waals surface area contributed by atoms with Gasteiger partial charge in [-0.2, -0.15) is 0 Å². The van der Waals surface area contributed by atoms with Crippen molar-refractivity contribution in [2.45, 2.75) is 6.61 Å². The van der Waals surface area contributed by atoms with Crippen LogP contribution in [0.15, 0.2) is 150 Å². The van der Waals surface area contributed by atoms with Gasteiger partial charge in [0.15, 0.2) is 5.75 Å². The van der Waals surface area contributed by atoms with Crippen molar-refractivity contribution in [3.63, 3.8) is 0 Å². The van der Waals surface area contributed by atoms with Crippen molar-refractivity contribution in [2.75, 3.05) is 5.73 Å². The third kappa shape index (κ3) is 4.07. The van der Waals surface area contributed by atoms with Gasteiger partial charge in [0, 0.05) is 27.4 Å². The van der Waals surface area contributed by atoms with Crippen molar-refractivity contribution in [1.29, 1.82) is 0 Å². The molecule has 0 bridgehead atoms. The highest BCUT2D eigenvalue weighted by Gasteiger charge is 2.20. The van der Waals surface area contributed by atoms with Crippen molar-refractivity contribution in [2.24, 2.45) is 0 Å². The number of nitrogen functional groups attached to an aromatic ring is 1. The van der Waals surface area contributed by atoms with Gasteiger partial charge in [0.25, 0.3) is 0 Å². The van der Waals surface area contributed by atoms with E-state index in [1.807, 2.05) is 42.5 Å². The molecule has 0 saturated heterocycles. The van der Waals surface area contributed by atoms with Gasteiger partial charge >= 0.3 is 0 Å². The molecule has 0 unspecified atom stereocenters. The molecule has 214 valence electrons. The van der Waals surface area contributed by atoms with E-state index in [1.165, 1.54) is 27.1 Å². The molecule has 9 aromatic rings. The Bertz CT molecular complexity index is 2560. The average Bonchev–Trinajstić information content (AvgIpc) is 3.64. The van der Waals surface area contributed by atoms with E-state index in [-0.39, 0.29) is 0 Å². The zero-order chi connectivity index (χ0) is 29.9. The molecule has 2 heterocycles. The highest BCUT2D eigenvalue weighted by atomic mass is 16.5. The van der Waals surface area contributed by atoms with Gasteiger partial charge in [-0.05, 0) is 58.3 Å². The second kappa shape index (κ2) is 10.0. The molecule has 0 amide bonds. The van der Waals surface area contributed by atoms with E-state index < -0.39 is 0 Å². The summed E-state index contributed by atoms with van der Waals surface area (Å²) in [7, 11) is 0. The first kappa shape index (κ1) is 25.5. The van der Waals surface area contributed by atoms with Crippen LogP contribution in [0.25, 0.3) is 71.3 Å². The average molecular weight is 581 g/mol. The summed E-state index contributed by atoms with van der Waals surface area (Å²) in [6.07, 6.45) is 0. The number of nitrogens with zero attached hydrogens (tertiary/aromatic N) is 1. The van der Waals surface area contributed by atoms with Crippen LogP contribution >= 0.6 is 0 Å². The molecule has 0 atom stereocenters. The third-order valence-corrected chi connectivity index (χ3v) is 8.83. The number of benzene rings is 7. The molecule has 2 aromatic heterocycles. The summed E-state index contributed by atoms with van der Waals surface area (Å²) in [4.78, 5) is 0. The maximum Gasteiger partial charge on any atom is 0.154 e. The zero-order valence-corrected chi connectivity index (χ0v) is 24.4. The van der Waals surface area contributed by atoms with Crippen molar-refractivity contribution in [3.8, 4) is 22.6 Å². The van der Waals surface area contributed by atoms with Gasteiger partial charge in [-0.25, -0.2) is 0 Å². The SMILES string of the molecule is Nc1cc(-c2ccccc2)c2oc3ccccc3c2c1OCc1ccc2c3ccccc3n(-c3ccc4ccccc4c3)c2c1. The summed E-state index contributed by atoms with van der Waals surface area (Å²) < 4.78 is 15.4. The first-order valence-electron chi connectivity index (χ1n) is 15.2. The quantitative estimate of drug-likeness (QED) is 0.206. The van der Waals surface area contributed by atoms with Crippen LogP contribution in [0.1, 0.15) is 5.56 Å². The third-order valence-electron chi connectivity index (χ3n) is 8.83. The highest BCUT2D eigenvalue weighted by Crippen LogP contribution is 2.45. The number of fused-ring (bicyclic) bond motifs is 7. The lowest BCUT2D eigenvalue weighted by atomic mass is 10.0. The number of para-hydroxylation sites is 2. The minimum absolute atomic E-state index is 0.360. The van der Waals surface area contributed by atoms with Crippen molar-refractivity contribution >= 4 is 60.2 Å². The molecule has 0 aliphatic carbocycles. The molecule has 4 heteroatoms. The van der Waals surface area contributed by atoms with Crippen molar-refractivity contribution in [3.05, 3.63) is 151 Å². The van der Waals surface area contributed by atoms with Gasteiger partial charge in [-0.1, -0.05) is 109 Å². The summed E-state index contributed by atoms with van der Waals surface area (Å²) in [5.74, 6) is 0.643. The van der Waals surface area contributed by atoms with Gasteiger partial charge < -0.3 is 19.5 Å². The summed E-state index contributed by atoms with van der Waals surface area (Å²) >= 11 is 0. The molecule has 0 aliphatic heterocycles. The van der Waals surface area contributed by atoms with E-state index in [4.69, 9.17) is 14.9 Å². The predicted octanol–water partition coefficient (Wildman–Crippen LogP) is 10.7. The standard InChI is InChI=1S/C41H28N2O2/c42-35-24-34(28-11-2-1-3-12-28)40-39(33-15-7-9-17-38(33)45-40)41(35)44-25-26-18-21-32-31-14-6-8-16-36(31)43(37(32)22-26)30-20-19-27-10-4-5-13-29(27)23-30/h1-24H,25,42H2. The minimum Gasteiger partial charge on any atom is -0.486 e. The number of aromatic nitrogens is 1. The molecule has 4 nitrogen and oxygen atoms in total. The Labute approximate surface area is 259 Å². The van der Waals surface area contributed by atoms with Gasteiger partial charge in [-0.15, -0.1) is 0 Å². The van der Waals surface area contributed by atoms with Crippen molar-refractivity contribution in [1.82, 2.24) is 4.57 Å². The first-order valence-corrected chi connectivity index (χ1v) is 15.2. The van der Waals surface area contributed by atoms with E-state index in [9.17, 15) is 0 Å². The van der Waals surface area contributed by atoms with Crippen molar-refractivity contribution < 1.29 is 9.15 Å². The normalized spacial score (nSPS) is 11.7. The van der Waals surface area contributed by atoms with Gasteiger partial charge in [0.1, 0.15) is 17.8 Å². The second-order valence-electron chi connectivity index (χ2n) is 11.5. The molecule has 9 rings (SSSR count). The lowest BCUT2D eigenvalue weighted by Crippen LogP contribution is -2.01. The van der Waals surface area contributed by atoms with Crippen LogP contribution < -0.4 is 10.5 Å². The van der Waals surface area contributed by atoms with Gasteiger partial charge in [-0.3, -0.25) is 0 Å². The Balaban J connectivity index is 1.17. The maximum atomic E-state index is 6.76. The van der Waals surface area contributed by atoms with Crippen LogP contribution in [0.5, 0.6) is 5.75 Å². The van der Waals surface area contributed by atoms with E-state index in [2.05, 4.69) is 108 Å². The number of hydrogen-bond donors (Lipinski definition) is 1. The number of furan rings is 1. The van der Waals surface area contributed by atoms with Crippen LogP contribution in [0, 0.1) is 0 Å². The molecule has 0 fully saturated rings. The predicted molar refractivity (Wildman–Crippen MR) is 186 cm³/mol. The topological polar surface area (TPSA) is 53.3 Å². The Morgan fingerprint density at radius 3 is 2.22 bits per heavy atom. The van der Waals surface area contributed by atoms with E-state index in [0.29, 0.717) is 18.0 Å². The van der Waals surface area contributed by atoms with Crippen LogP contribution in [-0.4, -0.2) is 4.57 Å². The molecule has 2 N–H and O–H groups in total. The molecule has 45 heavy (non-hydrogen) atoms. The summed E-state index contributed by atoms with van der Waals surface area (Å²) in [6.45, 7) is 0.360.